The zero-order chi connectivity index (χ0) is 13.9. The van der Waals surface area contributed by atoms with Gasteiger partial charge >= 0.3 is 5.97 Å². The number of quaternary nitrogens is 1. The summed E-state index contributed by atoms with van der Waals surface area (Å²) in [6, 6.07) is 0. The molecule has 3 nitrogen and oxygen atoms in total. The summed E-state index contributed by atoms with van der Waals surface area (Å²) >= 11 is 0. The van der Waals surface area contributed by atoms with Crippen molar-refractivity contribution in [2.75, 3.05) is 20.6 Å². The second-order valence-corrected chi connectivity index (χ2v) is 5.39. The van der Waals surface area contributed by atoms with Crippen LogP contribution in [-0.4, -0.2) is 31.3 Å². The minimum absolute atomic E-state index is 0.292. The summed E-state index contributed by atoms with van der Waals surface area (Å²) in [5.74, 6) is -0.348. The van der Waals surface area contributed by atoms with E-state index in [1.54, 1.807) is 0 Å². The summed E-state index contributed by atoms with van der Waals surface area (Å²) in [7, 11) is 3.81. The van der Waals surface area contributed by atoms with Crippen molar-refractivity contribution >= 4 is 5.97 Å². The number of rotatable bonds is 11. The summed E-state index contributed by atoms with van der Waals surface area (Å²) in [4.78, 5) is 16.3. The Morgan fingerprint density at radius 1 is 1.06 bits per heavy atom. The molecule has 0 amide bonds. The molecular weight excluding hydrogens is 226 g/mol. The molecule has 0 saturated heterocycles. The van der Waals surface area contributed by atoms with Crippen LogP contribution in [0.5, 0.6) is 0 Å². The molecule has 0 aliphatic carbocycles. The van der Waals surface area contributed by atoms with Crippen LogP contribution in [0.3, 0.4) is 0 Å². The van der Waals surface area contributed by atoms with Gasteiger partial charge in [-0.15, -0.1) is 4.65 Å². The average Bonchev–Trinajstić information content (AvgIpc) is 2.31. The van der Waals surface area contributed by atoms with Gasteiger partial charge in [-0.3, -0.25) is 4.84 Å². The van der Waals surface area contributed by atoms with Crippen LogP contribution in [0.25, 0.3) is 0 Å². The molecule has 18 heavy (non-hydrogen) atoms. The Hall–Kier alpha value is -0.830. The topological polar surface area (TPSA) is 26.3 Å². The third-order valence-electron chi connectivity index (χ3n) is 3.05. The van der Waals surface area contributed by atoms with E-state index in [0.29, 0.717) is 4.65 Å². The SMILES string of the molecule is C=CC(=O)O[N+](C)(C)CCCCCCCCCC. The molecule has 0 aromatic carbocycles. The molecule has 0 radical (unpaired) electrons. The van der Waals surface area contributed by atoms with E-state index in [-0.39, 0.29) is 5.97 Å². The van der Waals surface area contributed by atoms with Gasteiger partial charge in [-0.05, 0) is 6.42 Å². The standard InChI is InChI=1S/C15H30NO2/c1-5-7-8-9-10-11-12-13-14-16(3,4)18-15(17)6-2/h6H,2,5,7-14H2,1,3-4H3/q+1. The number of carbonyl (C=O) groups excluding carboxylic acids is 1. The summed E-state index contributed by atoms with van der Waals surface area (Å²) in [6.45, 7) is 6.52. The van der Waals surface area contributed by atoms with Crippen molar-refractivity contribution in [3.8, 4) is 0 Å². The lowest BCUT2D eigenvalue weighted by atomic mass is 10.1. The van der Waals surface area contributed by atoms with Gasteiger partial charge in [0, 0.05) is 12.5 Å². The molecule has 0 atom stereocenters. The highest BCUT2D eigenvalue weighted by molar-refractivity contribution is 5.80. The Labute approximate surface area is 112 Å². The Balaban J connectivity index is 3.46. The molecule has 0 heterocycles. The lowest BCUT2D eigenvalue weighted by Crippen LogP contribution is -2.41. The smallest absolute Gasteiger partial charge is 0.272 e. The molecule has 0 aliphatic rings. The Morgan fingerprint density at radius 3 is 2.06 bits per heavy atom. The van der Waals surface area contributed by atoms with E-state index >= 15 is 0 Å². The maximum Gasteiger partial charge on any atom is 0.389 e. The lowest BCUT2D eigenvalue weighted by molar-refractivity contribution is -1.06. The predicted molar refractivity (Wildman–Crippen MR) is 75.9 cm³/mol. The fourth-order valence-corrected chi connectivity index (χ4v) is 1.95. The summed E-state index contributed by atoms with van der Waals surface area (Å²) in [6.07, 6.45) is 11.6. The van der Waals surface area contributed by atoms with Gasteiger partial charge in [0.1, 0.15) is 20.6 Å². The van der Waals surface area contributed by atoms with Crippen LogP contribution in [0, 0.1) is 0 Å². The molecule has 0 aliphatic heterocycles. The lowest BCUT2D eigenvalue weighted by Gasteiger charge is -2.25. The monoisotopic (exact) mass is 256 g/mol. The van der Waals surface area contributed by atoms with Gasteiger partial charge in [-0.25, -0.2) is 4.79 Å². The molecule has 0 N–H and O–H groups in total. The van der Waals surface area contributed by atoms with Gasteiger partial charge in [0.15, 0.2) is 0 Å². The summed E-state index contributed by atoms with van der Waals surface area (Å²) < 4.78 is 0.292. The van der Waals surface area contributed by atoms with E-state index in [1.807, 2.05) is 14.1 Å². The van der Waals surface area contributed by atoms with Crippen molar-refractivity contribution in [1.82, 2.24) is 0 Å². The van der Waals surface area contributed by atoms with Crippen LogP contribution >= 0.6 is 0 Å². The maximum absolute atomic E-state index is 11.1. The second-order valence-electron chi connectivity index (χ2n) is 5.39. The highest BCUT2D eigenvalue weighted by atomic mass is 16.7. The molecule has 106 valence electrons. The molecule has 0 saturated carbocycles. The molecule has 3 heteroatoms. The van der Waals surface area contributed by atoms with Crippen LogP contribution in [0.4, 0.5) is 0 Å². The predicted octanol–water partition coefficient (Wildman–Crippen LogP) is 3.85. The molecular formula is C15H30NO2+. The van der Waals surface area contributed by atoms with E-state index in [2.05, 4.69) is 13.5 Å². The first-order valence-electron chi connectivity index (χ1n) is 7.21. The fraction of sp³-hybridized carbons (Fsp3) is 0.800. The van der Waals surface area contributed by atoms with Crippen molar-refractivity contribution < 1.29 is 14.3 Å². The molecule has 0 aromatic rings. The van der Waals surface area contributed by atoms with Gasteiger partial charge in [-0.1, -0.05) is 52.0 Å². The molecule has 0 aromatic heterocycles. The zero-order valence-corrected chi connectivity index (χ0v) is 12.4. The van der Waals surface area contributed by atoms with Crippen LogP contribution in [-0.2, 0) is 9.63 Å². The van der Waals surface area contributed by atoms with E-state index in [1.165, 1.54) is 51.0 Å². The van der Waals surface area contributed by atoms with Gasteiger partial charge in [0.2, 0.25) is 0 Å². The number of unbranched alkanes of at least 4 members (excludes halogenated alkanes) is 7. The number of hydroxylamine groups is 3. The van der Waals surface area contributed by atoms with Gasteiger partial charge in [0.05, 0.1) is 0 Å². The number of hydrogen-bond acceptors (Lipinski definition) is 2. The minimum Gasteiger partial charge on any atom is -0.272 e. The van der Waals surface area contributed by atoms with Crippen LogP contribution in [0.1, 0.15) is 58.3 Å². The third kappa shape index (κ3) is 10.3. The largest absolute Gasteiger partial charge is 0.389 e. The van der Waals surface area contributed by atoms with Crippen LogP contribution in [0.15, 0.2) is 12.7 Å². The third-order valence-corrected chi connectivity index (χ3v) is 3.05. The summed E-state index contributed by atoms with van der Waals surface area (Å²) in [5, 5.41) is 0. The number of nitrogens with zero attached hydrogens (tertiary/aromatic N) is 1. The fourth-order valence-electron chi connectivity index (χ4n) is 1.95. The number of carbonyl (C=O) groups is 1. The van der Waals surface area contributed by atoms with Crippen molar-refractivity contribution in [2.45, 2.75) is 58.3 Å². The normalized spacial score (nSPS) is 11.3. The van der Waals surface area contributed by atoms with Crippen molar-refractivity contribution in [2.24, 2.45) is 0 Å². The van der Waals surface area contributed by atoms with Crippen molar-refractivity contribution in [3.63, 3.8) is 0 Å². The van der Waals surface area contributed by atoms with Crippen molar-refractivity contribution in [1.29, 1.82) is 0 Å². The van der Waals surface area contributed by atoms with E-state index in [4.69, 9.17) is 4.84 Å². The Bertz CT molecular complexity index is 237. The molecule has 0 fully saturated rings. The maximum atomic E-state index is 11.1. The highest BCUT2D eigenvalue weighted by Gasteiger charge is 2.19. The van der Waals surface area contributed by atoms with Gasteiger partial charge in [-0.2, -0.15) is 0 Å². The first-order valence-corrected chi connectivity index (χ1v) is 7.21. The van der Waals surface area contributed by atoms with Crippen molar-refractivity contribution in [3.05, 3.63) is 12.7 Å². The minimum atomic E-state index is -0.348. The zero-order valence-electron chi connectivity index (χ0n) is 12.4. The molecule has 0 rings (SSSR count). The van der Waals surface area contributed by atoms with E-state index in [0.717, 1.165) is 13.0 Å². The second kappa shape index (κ2) is 10.1. The summed E-state index contributed by atoms with van der Waals surface area (Å²) in [5.41, 5.74) is 0. The van der Waals surface area contributed by atoms with E-state index in [9.17, 15) is 4.79 Å². The molecule has 0 spiro atoms. The van der Waals surface area contributed by atoms with E-state index < -0.39 is 0 Å². The average molecular weight is 256 g/mol. The van der Waals surface area contributed by atoms with Crippen LogP contribution in [0.2, 0.25) is 0 Å². The van der Waals surface area contributed by atoms with Gasteiger partial charge < -0.3 is 0 Å². The first kappa shape index (κ1) is 17.2. The molecule has 0 unspecified atom stereocenters. The van der Waals surface area contributed by atoms with Gasteiger partial charge in [0.25, 0.3) is 0 Å². The Kier molecular flexibility index (Phi) is 9.66. The Morgan fingerprint density at radius 2 is 1.56 bits per heavy atom. The number of hydrogen-bond donors (Lipinski definition) is 0. The molecule has 0 bridgehead atoms. The van der Waals surface area contributed by atoms with Crippen LogP contribution < -0.4 is 0 Å². The highest BCUT2D eigenvalue weighted by Crippen LogP contribution is 2.10. The first-order chi connectivity index (χ1) is 8.52. The quantitative estimate of drug-likeness (QED) is 0.243.